The van der Waals surface area contributed by atoms with Gasteiger partial charge in [0.25, 0.3) is 0 Å². The number of anilines is 1. The predicted octanol–water partition coefficient (Wildman–Crippen LogP) is 4.50. The molecular weight excluding hydrogens is 401 g/mol. The lowest BCUT2D eigenvalue weighted by molar-refractivity contribution is -0.115. The van der Waals surface area contributed by atoms with Crippen LogP contribution in [0, 0.1) is 25.1 Å². The number of halogens is 1. The number of ether oxygens (including phenoxy) is 1. The number of aromatic nitrogens is 2. The summed E-state index contributed by atoms with van der Waals surface area (Å²) in [6, 6.07) is 13.7. The highest BCUT2D eigenvalue weighted by Gasteiger charge is 2.34. The number of terminal acetylenes is 1. The normalized spacial score (nSPS) is 18.1. The van der Waals surface area contributed by atoms with Gasteiger partial charge in [0.2, 0.25) is 5.91 Å². The van der Waals surface area contributed by atoms with Gasteiger partial charge < -0.3 is 10.1 Å². The van der Waals surface area contributed by atoms with E-state index in [1.807, 2.05) is 38.1 Å². The number of hydrogen-bond acceptors (Lipinski definition) is 4. The third kappa shape index (κ3) is 3.79. The number of nitrogens with zero attached hydrogens (tertiary/aromatic N) is 2. The minimum Gasteiger partial charge on any atom is -0.481 e. The van der Waals surface area contributed by atoms with Crippen LogP contribution in [0.2, 0.25) is 0 Å². The van der Waals surface area contributed by atoms with E-state index in [0.717, 1.165) is 16.8 Å². The van der Waals surface area contributed by atoms with Gasteiger partial charge in [-0.2, -0.15) is 5.10 Å². The first-order valence-electron chi connectivity index (χ1n) is 9.46. The van der Waals surface area contributed by atoms with Crippen LogP contribution < -0.4 is 10.1 Å². The van der Waals surface area contributed by atoms with Crippen molar-refractivity contribution in [2.75, 3.05) is 11.9 Å². The Morgan fingerprint density at radius 3 is 2.60 bits per heavy atom. The molecule has 0 saturated heterocycles. The highest BCUT2D eigenvalue weighted by molar-refractivity contribution is 8.01. The second-order valence-corrected chi connectivity index (χ2v) is 8.40. The summed E-state index contributed by atoms with van der Waals surface area (Å²) in [7, 11) is 0. The third-order valence-electron chi connectivity index (χ3n) is 4.90. The largest absolute Gasteiger partial charge is 0.481 e. The van der Waals surface area contributed by atoms with Gasteiger partial charge in [0.05, 0.1) is 21.9 Å². The maximum atomic E-state index is 13.4. The fraction of sp³-hybridized carbons (Fsp3) is 0.217. The number of fused-ring (bicyclic) bond motifs is 1. The minimum atomic E-state index is -0.327. The number of benzene rings is 2. The van der Waals surface area contributed by atoms with E-state index in [0.29, 0.717) is 17.3 Å². The molecule has 1 aromatic heterocycles. The summed E-state index contributed by atoms with van der Waals surface area (Å²) in [6.07, 6.45) is 5.25. The summed E-state index contributed by atoms with van der Waals surface area (Å²) in [6.45, 7) is 4.01. The van der Waals surface area contributed by atoms with Crippen molar-refractivity contribution in [1.29, 1.82) is 0 Å². The summed E-state index contributed by atoms with van der Waals surface area (Å²) >= 11 is 1.56. The number of aryl methyl sites for hydroxylation is 1. The molecule has 4 rings (SSSR count). The summed E-state index contributed by atoms with van der Waals surface area (Å²) < 4.78 is 20.5. The monoisotopic (exact) mass is 421 g/mol. The smallest absolute Gasteiger partial charge is 0.238 e. The van der Waals surface area contributed by atoms with Crippen molar-refractivity contribution in [3.63, 3.8) is 0 Å². The highest BCUT2D eigenvalue weighted by Crippen LogP contribution is 2.46. The zero-order valence-corrected chi connectivity index (χ0v) is 17.4. The first-order chi connectivity index (χ1) is 14.5. The van der Waals surface area contributed by atoms with E-state index in [1.165, 1.54) is 12.1 Å². The van der Waals surface area contributed by atoms with E-state index in [9.17, 15) is 9.18 Å². The fourth-order valence-electron chi connectivity index (χ4n) is 3.40. The molecule has 0 bridgehead atoms. The van der Waals surface area contributed by atoms with Crippen LogP contribution in [0.15, 0.2) is 48.5 Å². The lowest BCUT2D eigenvalue weighted by Gasteiger charge is -2.18. The molecule has 0 saturated carbocycles. The van der Waals surface area contributed by atoms with Crippen molar-refractivity contribution < 1.29 is 13.9 Å². The molecule has 0 spiro atoms. The molecule has 30 heavy (non-hydrogen) atoms. The number of hydrogen-bond donors (Lipinski definition) is 1. The van der Waals surface area contributed by atoms with Crippen LogP contribution in [0.3, 0.4) is 0 Å². The Labute approximate surface area is 178 Å². The Morgan fingerprint density at radius 1 is 1.23 bits per heavy atom. The Hall–Kier alpha value is -3.24. The minimum absolute atomic E-state index is 0.0963. The second-order valence-electron chi connectivity index (χ2n) is 6.95. The van der Waals surface area contributed by atoms with E-state index in [-0.39, 0.29) is 28.8 Å². The van der Waals surface area contributed by atoms with E-state index >= 15 is 0 Å². The summed E-state index contributed by atoms with van der Waals surface area (Å²) in [5, 5.41) is 7.29. The van der Waals surface area contributed by atoms with Crippen molar-refractivity contribution in [2.24, 2.45) is 0 Å². The first-order valence-corrected chi connectivity index (χ1v) is 10.4. The standard InChI is InChI=1S/C23H20FN3O2S/c1-4-13-29-19-11-5-16(6-12-19)21-20-14(2)26-27(18-9-7-17(24)8-10-18)22(20)25-23(28)15(3)30-21/h1,5-12,15,21H,13H2,2-3H3,(H,25,28)/t15-,21-/m1/s1. The number of rotatable bonds is 4. The first kappa shape index (κ1) is 20.0. The molecule has 0 unspecified atom stereocenters. The SMILES string of the molecule is C#CCOc1ccc([C@H]2S[C@H](C)C(=O)Nc3c2c(C)nn3-c2ccc(F)cc2)cc1. The van der Waals surface area contributed by atoms with Gasteiger partial charge in [0, 0.05) is 5.56 Å². The maximum Gasteiger partial charge on any atom is 0.238 e. The third-order valence-corrected chi connectivity index (χ3v) is 6.30. The van der Waals surface area contributed by atoms with Crippen molar-refractivity contribution in [1.82, 2.24) is 9.78 Å². The number of carbonyl (C=O) groups is 1. The van der Waals surface area contributed by atoms with Crippen LogP contribution in [-0.4, -0.2) is 27.5 Å². The van der Waals surface area contributed by atoms with E-state index in [1.54, 1.807) is 28.6 Å². The molecule has 7 heteroatoms. The molecule has 2 aromatic carbocycles. The maximum absolute atomic E-state index is 13.4. The van der Waals surface area contributed by atoms with Gasteiger partial charge in [-0.15, -0.1) is 18.2 Å². The van der Waals surface area contributed by atoms with Crippen LogP contribution >= 0.6 is 11.8 Å². The lowest BCUT2D eigenvalue weighted by atomic mass is 10.0. The molecule has 2 heterocycles. The van der Waals surface area contributed by atoms with Crippen LogP contribution in [0.1, 0.15) is 29.0 Å². The van der Waals surface area contributed by atoms with Crippen molar-refractivity contribution in [3.05, 3.63) is 71.2 Å². The van der Waals surface area contributed by atoms with Gasteiger partial charge in [-0.3, -0.25) is 4.79 Å². The molecule has 2 atom stereocenters. The second kappa shape index (κ2) is 8.25. The highest BCUT2D eigenvalue weighted by atomic mass is 32.2. The van der Waals surface area contributed by atoms with Gasteiger partial charge in [0.15, 0.2) is 0 Å². The molecule has 152 valence electrons. The van der Waals surface area contributed by atoms with Gasteiger partial charge >= 0.3 is 0 Å². The van der Waals surface area contributed by atoms with E-state index in [4.69, 9.17) is 11.2 Å². The molecule has 0 aliphatic carbocycles. The Kier molecular flexibility index (Phi) is 5.51. The summed E-state index contributed by atoms with van der Waals surface area (Å²) in [5.41, 5.74) is 3.44. The van der Waals surface area contributed by atoms with Gasteiger partial charge in [-0.05, 0) is 55.8 Å². The molecule has 5 nitrogen and oxygen atoms in total. The van der Waals surface area contributed by atoms with Crippen molar-refractivity contribution >= 4 is 23.5 Å². The van der Waals surface area contributed by atoms with E-state index in [2.05, 4.69) is 16.3 Å². The number of thioether (sulfide) groups is 1. The topological polar surface area (TPSA) is 56.1 Å². The van der Waals surface area contributed by atoms with Crippen LogP contribution in [0.25, 0.3) is 5.69 Å². The number of carbonyl (C=O) groups excluding carboxylic acids is 1. The fourth-order valence-corrected chi connectivity index (χ4v) is 4.73. The predicted molar refractivity (Wildman–Crippen MR) is 117 cm³/mol. The molecule has 1 aliphatic heterocycles. The molecule has 1 N–H and O–H groups in total. The zero-order valence-electron chi connectivity index (χ0n) is 16.6. The molecule has 1 amide bonds. The van der Waals surface area contributed by atoms with Gasteiger partial charge in [-0.1, -0.05) is 18.1 Å². The Bertz CT molecular complexity index is 1120. The molecule has 0 radical (unpaired) electrons. The van der Waals surface area contributed by atoms with Crippen LogP contribution in [0.4, 0.5) is 10.2 Å². The van der Waals surface area contributed by atoms with Gasteiger partial charge in [-0.25, -0.2) is 9.07 Å². The summed E-state index contributed by atoms with van der Waals surface area (Å²) in [4.78, 5) is 12.7. The Balaban J connectivity index is 1.79. The van der Waals surface area contributed by atoms with Crippen LogP contribution in [-0.2, 0) is 4.79 Å². The molecule has 3 aromatic rings. The Morgan fingerprint density at radius 2 is 1.93 bits per heavy atom. The quantitative estimate of drug-likeness (QED) is 0.631. The summed E-state index contributed by atoms with van der Waals surface area (Å²) in [5.74, 6) is 3.33. The van der Waals surface area contributed by atoms with E-state index < -0.39 is 0 Å². The van der Waals surface area contributed by atoms with Crippen LogP contribution in [0.5, 0.6) is 5.75 Å². The number of nitrogens with one attached hydrogen (secondary N) is 1. The molecule has 1 aliphatic rings. The average molecular weight is 421 g/mol. The average Bonchev–Trinajstić information content (AvgIpc) is 2.99. The van der Waals surface area contributed by atoms with Crippen molar-refractivity contribution in [3.8, 4) is 23.8 Å². The molecular formula is C23H20FN3O2S. The molecule has 0 fully saturated rings. The van der Waals surface area contributed by atoms with Crippen molar-refractivity contribution in [2.45, 2.75) is 24.3 Å². The van der Waals surface area contributed by atoms with Gasteiger partial charge in [0.1, 0.15) is 24.0 Å². The zero-order chi connectivity index (χ0) is 21.3. The lowest BCUT2D eigenvalue weighted by Crippen LogP contribution is -2.22. The number of amides is 1.